The van der Waals surface area contributed by atoms with Gasteiger partial charge in [0, 0.05) is 22.3 Å². The smallest absolute Gasteiger partial charge is 0.178 e. The first-order valence-electron chi connectivity index (χ1n) is 6.97. The number of hydrogen-bond donors (Lipinski definition) is 1. The summed E-state index contributed by atoms with van der Waals surface area (Å²) < 4.78 is 0. The van der Waals surface area contributed by atoms with E-state index in [1.54, 1.807) is 0 Å². The highest BCUT2D eigenvalue weighted by Crippen LogP contribution is 2.25. The molecule has 106 valence electrons. The summed E-state index contributed by atoms with van der Waals surface area (Å²) in [7, 11) is 0. The summed E-state index contributed by atoms with van der Waals surface area (Å²) in [5.41, 5.74) is 4.77. The lowest BCUT2D eigenvalue weighted by Crippen LogP contribution is -1.81. The second-order valence-electron chi connectivity index (χ2n) is 5.06. The first-order valence-corrected chi connectivity index (χ1v) is 7.34. The van der Waals surface area contributed by atoms with Gasteiger partial charge in [-0.3, -0.25) is 0 Å². The summed E-state index contributed by atoms with van der Waals surface area (Å²) in [6, 6.07) is 19.9. The standard InChI is InChI=1S/C18H12ClN3/c19-15-8-4-7-13(9-15)17-21-16-10-14(11-20-18(16)22-17)12-5-2-1-3-6-12/h1-11H,(H,20,21,22). The van der Waals surface area contributed by atoms with Crippen molar-refractivity contribution in [1.82, 2.24) is 15.0 Å². The van der Waals surface area contributed by atoms with Crippen molar-refractivity contribution in [1.29, 1.82) is 0 Å². The third-order valence-corrected chi connectivity index (χ3v) is 3.78. The first kappa shape index (κ1) is 13.0. The highest BCUT2D eigenvalue weighted by atomic mass is 35.5. The fourth-order valence-corrected chi connectivity index (χ4v) is 2.65. The average Bonchev–Trinajstić information content (AvgIpc) is 2.99. The summed E-state index contributed by atoms with van der Waals surface area (Å²) >= 11 is 6.04. The van der Waals surface area contributed by atoms with Gasteiger partial charge in [-0.1, -0.05) is 54.1 Å². The molecule has 0 fully saturated rings. The van der Waals surface area contributed by atoms with Crippen molar-refractivity contribution in [3.8, 4) is 22.5 Å². The zero-order valence-electron chi connectivity index (χ0n) is 11.6. The van der Waals surface area contributed by atoms with E-state index < -0.39 is 0 Å². The van der Waals surface area contributed by atoms with E-state index in [0.29, 0.717) is 10.7 Å². The molecule has 2 aromatic carbocycles. The van der Waals surface area contributed by atoms with Gasteiger partial charge in [-0.2, -0.15) is 0 Å². The fourth-order valence-electron chi connectivity index (χ4n) is 2.46. The Balaban J connectivity index is 1.82. The van der Waals surface area contributed by atoms with Gasteiger partial charge in [0.1, 0.15) is 5.82 Å². The Morgan fingerprint density at radius 2 is 1.64 bits per heavy atom. The molecule has 3 nitrogen and oxygen atoms in total. The Morgan fingerprint density at radius 1 is 0.818 bits per heavy atom. The quantitative estimate of drug-likeness (QED) is 0.569. The zero-order chi connectivity index (χ0) is 14.9. The number of H-pyrrole nitrogens is 1. The topological polar surface area (TPSA) is 41.6 Å². The van der Waals surface area contributed by atoms with Crippen molar-refractivity contribution in [3.05, 3.63) is 71.9 Å². The van der Waals surface area contributed by atoms with E-state index in [4.69, 9.17) is 11.6 Å². The molecule has 2 heterocycles. The minimum atomic E-state index is 0.691. The molecule has 4 aromatic rings. The molecule has 0 bridgehead atoms. The number of nitrogens with one attached hydrogen (secondary N) is 1. The molecule has 0 aliphatic carbocycles. The Kier molecular flexibility index (Phi) is 3.13. The number of benzene rings is 2. The van der Waals surface area contributed by atoms with Gasteiger partial charge in [0.2, 0.25) is 0 Å². The predicted molar refractivity (Wildman–Crippen MR) is 89.8 cm³/mol. The van der Waals surface area contributed by atoms with E-state index >= 15 is 0 Å². The number of aromatic amines is 1. The third kappa shape index (κ3) is 2.36. The van der Waals surface area contributed by atoms with Crippen LogP contribution in [0.2, 0.25) is 5.02 Å². The van der Waals surface area contributed by atoms with Gasteiger partial charge >= 0.3 is 0 Å². The molecule has 0 unspecified atom stereocenters. The van der Waals surface area contributed by atoms with Gasteiger partial charge in [0.05, 0.1) is 5.52 Å². The number of hydrogen-bond acceptors (Lipinski definition) is 2. The van der Waals surface area contributed by atoms with Crippen molar-refractivity contribution in [3.63, 3.8) is 0 Å². The maximum absolute atomic E-state index is 6.04. The number of halogens is 1. The van der Waals surface area contributed by atoms with Gasteiger partial charge in [0.15, 0.2) is 5.65 Å². The fraction of sp³-hybridized carbons (Fsp3) is 0. The second-order valence-corrected chi connectivity index (χ2v) is 5.49. The molecule has 0 saturated heterocycles. The van der Waals surface area contributed by atoms with E-state index in [2.05, 4.69) is 33.2 Å². The molecule has 0 radical (unpaired) electrons. The number of imidazole rings is 1. The van der Waals surface area contributed by atoms with Crippen LogP contribution in [-0.2, 0) is 0 Å². The van der Waals surface area contributed by atoms with Crippen LogP contribution in [0, 0.1) is 0 Å². The van der Waals surface area contributed by atoms with E-state index in [-0.39, 0.29) is 0 Å². The lowest BCUT2D eigenvalue weighted by molar-refractivity contribution is 1.30. The van der Waals surface area contributed by atoms with Crippen LogP contribution in [0.15, 0.2) is 66.9 Å². The van der Waals surface area contributed by atoms with Gasteiger partial charge < -0.3 is 4.98 Å². The highest BCUT2D eigenvalue weighted by molar-refractivity contribution is 6.30. The zero-order valence-corrected chi connectivity index (χ0v) is 12.4. The molecular formula is C18H12ClN3. The lowest BCUT2D eigenvalue weighted by Gasteiger charge is -1.99. The molecule has 1 N–H and O–H groups in total. The minimum Gasteiger partial charge on any atom is -0.337 e. The van der Waals surface area contributed by atoms with Crippen molar-refractivity contribution in [2.75, 3.05) is 0 Å². The van der Waals surface area contributed by atoms with Crippen LogP contribution in [-0.4, -0.2) is 15.0 Å². The van der Waals surface area contributed by atoms with Crippen LogP contribution >= 0.6 is 11.6 Å². The summed E-state index contributed by atoms with van der Waals surface area (Å²) in [4.78, 5) is 12.3. The van der Waals surface area contributed by atoms with Crippen molar-refractivity contribution < 1.29 is 0 Å². The summed E-state index contributed by atoms with van der Waals surface area (Å²) in [5, 5.41) is 0.691. The number of nitrogens with zero attached hydrogens (tertiary/aromatic N) is 2. The molecule has 0 spiro atoms. The van der Waals surface area contributed by atoms with E-state index in [1.165, 1.54) is 0 Å². The molecule has 0 atom stereocenters. The molecule has 0 saturated carbocycles. The van der Waals surface area contributed by atoms with E-state index in [9.17, 15) is 0 Å². The predicted octanol–water partition coefficient (Wildman–Crippen LogP) is 4.95. The lowest BCUT2D eigenvalue weighted by atomic mass is 10.1. The molecule has 2 aromatic heterocycles. The van der Waals surface area contributed by atoms with Crippen LogP contribution in [0.4, 0.5) is 0 Å². The Bertz CT molecular complexity index is 945. The summed E-state index contributed by atoms with van der Waals surface area (Å²) in [6.07, 6.45) is 1.85. The SMILES string of the molecule is Clc1cccc(-c2nc3ncc(-c4ccccc4)cc3[nH]2)c1. The number of aromatic nitrogens is 3. The number of fused-ring (bicyclic) bond motifs is 1. The van der Waals surface area contributed by atoms with Crippen LogP contribution in [0.25, 0.3) is 33.7 Å². The summed E-state index contributed by atoms with van der Waals surface area (Å²) in [5.74, 6) is 0.773. The average molecular weight is 306 g/mol. The molecule has 0 amide bonds. The molecule has 0 aliphatic heterocycles. The maximum atomic E-state index is 6.04. The Morgan fingerprint density at radius 3 is 2.45 bits per heavy atom. The van der Waals surface area contributed by atoms with Gasteiger partial charge in [0.25, 0.3) is 0 Å². The largest absolute Gasteiger partial charge is 0.337 e. The van der Waals surface area contributed by atoms with E-state index in [0.717, 1.165) is 28.0 Å². The van der Waals surface area contributed by atoms with Crippen LogP contribution in [0.3, 0.4) is 0 Å². The van der Waals surface area contributed by atoms with Crippen LogP contribution in [0.1, 0.15) is 0 Å². The molecule has 0 aliphatic rings. The number of pyridine rings is 1. The van der Waals surface area contributed by atoms with Crippen molar-refractivity contribution in [2.45, 2.75) is 0 Å². The highest BCUT2D eigenvalue weighted by Gasteiger charge is 2.08. The normalized spacial score (nSPS) is 11.0. The minimum absolute atomic E-state index is 0.691. The Labute approximate surface area is 132 Å². The van der Waals surface area contributed by atoms with Crippen LogP contribution < -0.4 is 0 Å². The van der Waals surface area contributed by atoms with Crippen molar-refractivity contribution >= 4 is 22.8 Å². The van der Waals surface area contributed by atoms with Gasteiger partial charge in [-0.05, 0) is 23.8 Å². The van der Waals surface area contributed by atoms with Gasteiger partial charge in [-0.25, -0.2) is 9.97 Å². The van der Waals surface area contributed by atoms with Crippen molar-refractivity contribution in [2.24, 2.45) is 0 Å². The third-order valence-electron chi connectivity index (χ3n) is 3.54. The first-order chi connectivity index (χ1) is 10.8. The number of rotatable bonds is 2. The maximum Gasteiger partial charge on any atom is 0.178 e. The van der Waals surface area contributed by atoms with Gasteiger partial charge in [-0.15, -0.1) is 0 Å². The molecular weight excluding hydrogens is 294 g/mol. The summed E-state index contributed by atoms with van der Waals surface area (Å²) in [6.45, 7) is 0. The monoisotopic (exact) mass is 305 g/mol. The van der Waals surface area contributed by atoms with E-state index in [1.807, 2.05) is 48.7 Å². The van der Waals surface area contributed by atoms with Crippen LogP contribution in [0.5, 0.6) is 0 Å². The second kappa shape index (κ2) is 5.28. The molecule has 4 heteroatoms. The molecule has 4 rings (SSSR count). The Hall–Kier alpha value is -2.65. The molecule has 22 heavy (non-hydrogen) atoms.